The average molecular weight is 649 g/mol. The predicted octanol–water partition coefficient (Wildman–Crippen LogP) is 7.18. The number of aromatic hydroxyl groups is 1. The van der Waals surface area contributed by atoms with Crippen LogP contribution in [0.1, 0.15) is 27.0 Å². The number of esters is 1. The van der Waals surface area contributed by atoms with Gasteiger partial charge in [0.25, 0.3) is 0 Å². The van der Waals surface area contributed by atoms with Crippen molar-refractivity contribution in [2.75, 3.05) is 12.8 Å². The molecule has 0 fully saturated rings. The first kappa shape index (κ1) is 31.7. The molecular formula is C35H34NO3PRu+5. The quantitative estimate of drug-likeness (QED) is 0.0638. The molecular weight excluding hydrogens is 614 g/mol. The fourth-order valence-corrected chi connectivity index (χ4v) is 6.74. The molecule has 205 valence electrons. The minimum Gasteiger partial charge on any atom is -0.507 e. The van der Waals surface area contributed by atoms with E-state index in [-0.39, 0.29) is 31.2 Å². The van der Waals surface area contributed by atoms with E-state index in [1.54, 1.807) is 18.3 Å². The second-order valence-electron chi connectivity index (χ2n) is 9.38. The number of carbonyl (C=O) groups is 1. The molecule has 5 aromatic carbocycles. The van der Waals surface area contributed by atoms with Crippen LogP contribution in [0, 0.1) is 13.8 Å². The van der Waals surface area contributed by atoms with Gasteiger partial charge in [-0.25, -0.2) is 0 Å². The molecule has 41 heavy (non-hydrogen) atoms. The van der Waals surface area contributed by atoms with Crippen molar-refractivity contribution in [1.29, 1.82) is 0 Å². The number of ether oxygens (including phenoxy) is 1. The van der Waals surface area contributed by atoms with Crippen molar-refractivity contribution in [3.05, 3.63) is 150 Å². The fourth-order valence-electron chi connectivity index (χ4n) is 4.33. The Morgan fingerprint density at radius 1 is 0.854 bits per heavy atom. The first-order valence-electron chi connectivity index (χ1n) is 13.3. The summed E-state index contributed by atoms with van der Waals surface area (Å²) in [6, 6.07) is 41.7. The Labute approximate surface area is 256 Å². The number of aryl methyl sites for hydroxylation is 2. The molecule has 0 unspecified atom stereocenters. The zero-order valence-corrected chi connectivity index (χ0v) is 25.9. The van der Waals surface area contributed by atoms with Crippen molar-refractivity contribution in [3.8, 4) is 5.75 Å². The van der Waals surface area contributed by atoms with E-state index in [9.17, 15) is 9.90 Å². The summed E-state index contributed by atoms with van der Waals surface area (Å²) in [4.78, 5) is 16.6. The maximum Gasteiger partial charge on any atom is 5.00 e. The number of benzene rings is 4. The third-order valence-corrected chi connectivity index (χ3v) is 9.10. The maximum absolute atomic E-state index is 12.3. The van der Waals surface area contributed by atoms with E-state index in [0.717, 1.165) is 28.5 Å². The van der Waals surface area contributed by atoms with Crippen LogP contribution in [0.25, 0.3) is 0 Å². The molecule has 0 spiro atoms. The summed E-state index contributed by atoms with van der Waals surface area (Å²) < 4.78 is 5.58. The number of para-hydroxylation sites is 2. The summed E-state index contributed by atoms with van der Waals surface area (Å²) in [7, 11) is -0.959. The Kier molecular flexibility index (Phi) is 12.8. The van der Waals surface area contributed by atoms with Gasteiger partial charge in [-0.05, 0) is 48.5 Å². The third kappa shape index (κ3) is 9.67. The minimum absolute atomic E-state index is 0. The van der Waals surface area contributed by atoms with Crippen LogP contribution in [0.4, 0.5) is 5.69 Å². The Hall–Kier alpha value is -3.78. The van der Waals surface area contributed by atoms with E-state index >= 15 is 0 Å². The second-order valence-corrected chi connectivity index (χ2v) is 12.0. The summed E-state index contributed by atoms with van der Waals surface area (Å²) >= 11 is 0. The smallest absolute Gasteiger partial charge is 0.507 e. The number of phenols is 1. The molecule has 0 heterocycles. The number of aliphatic imine (C=N–C) groups is 1. The Balaban J connectivity index is 0.000000248. The van der Waals surface area contributed by atoms with Crippen LogP contribution in [-0.4, -0.2) is 30.1 Å². The molecule has 0 aliphatic heterocycles. The Morgan fingerprint density at radius 2 is 1.39 bits per heavy atom. The van der Waals surface area contributed by atoms with Gasteiger partial charge < -0.3 is 14.6 Å². The van der Waals surface area contributed by atoms with Crippen molar-refractivity contribution in [2.24, 2.45) is 4.99 Å². The van der Waals surface area contributed by atoms with E-state index in [1.165, 1.54) is 10.6 Å². The number of hydrogen-bond acceptors (Lipinski definition) is 4. The topological polar surface area (TPSA) is 58.9 Å². The van der Waals surface area contributed by atoms with Gasteiger partial charge >= 0.3 is 19.5 Å². The fraction of sp³-hybridized carbons (Fsp3) is 0.114. The van der Waals surface area contributed by atoms with Gasteiger partial charge in [0.2, 0.25) is 5.97 Å². The Morgan fingerprint density at radius 3 is 1.93 bits per heavy atom. The molecule has 6 heteroatoms. The van der Waals surface area contributed by atoms with E-state index in [2.05, 4.69) is 53.5 Å². The second kappa shape index (κ2) is 16.5. The van der Waals surface area contributed by atoms with Gasteiger partial charge in [-0.15, -0.1) is 11.6 Å². The van der Waals surface area contributed by atoms with E-state index in [4.69, 9.17) is 4.74 Å². The van der Waals surface area contributed by atoms with Crippen LogP contribution in [0.15, 0.2) is 132 Å². The first-order valence-corrected chi connectivity index (χ1v) is 15.0. The van der Waals surface area contributed by atoms with Crippen LogP contribution >= 0.6 is 7.92 Å². The monoisotopic (exact) mass is 649 g/mol. The zero-order chi connectivity index (χ0) is 28.2. The number of carbonyl (C=O) groups excluding carboxylic acids is 1. The SMILES string of the molecule is Cc1cc(C(=O)OCC[PH+](c2ccccc2)c2ccccc2)[c-](C)c1.Oc1ccccc1C=Nc1ccccc1.[Ru+5]. The van der Waals surface area contributed by atoms with Gasteiger partial charge in [-0.1, -0.05) is 86.1 Å². The summed E-state index contributed by atoms with van der Waals surface area (Å²) in [6.07, 6.45) is 2.52. The number of hydrogen-bond donors (Lipinski definition) is 1. The first-order chi connectivity index (χ1) is 19.5. The molecule has 0 aliphatic carbocycles. The normalized spacial score (nSPS) is 10.5. The molecule has 0 aliphatic rings. The van der Waals surface area contributed by atoms with Gasteiger partial charge in [-0.2, -0.15) is 11.6 Å². The molecule has 0 atom stereocenters. The number of nitrogens with zero attached hydrogens (tertiary/aromatic N) is 1. The molecule has 0 amide bonds. The standard InChI is InChI=1S/C22H22O2P.C13H11NO.Ru/c1-17-15-18(2)21(16-17)22(23)24-13-14-25(19-9-5-3-6-10-19)20-11-7-4-8-12-20;15-13-9-5-4-6-11(13)10-14-12-7-2-1-3-8-12;/h3-12,15-16H,13-14H2,1-2H3;1-10,15H;/q-1;;+5/p+1. The average Bonchev–Trinajstić information content (AvgIpc) is 3.34. The third-order valence-electron chi connectivity index (χ3n) is 6.34. The molecule has 1 N–H and O–H groups in total. The predicted molar refractivity (Wildman–Crippen MR) is 169 cm³/mol. The molecule has 5 rings (SSSR count). The molecule has 1 radical (unpaired) electrons. The minimum atomic E-state index is -0.959. The molecule has 4 nitrogen and oxygen atoms in total. The summed E-state index contributed by atoms with van der Waals surface area (Å²) in [5, 5.41) is 12.2. The van der Waals surface area contributed by atoms with E-state index < -0.39 is 7.92 Å². The number of phenolic OH excluding ortho intramolecular Hbond substituents is 1. The number of rotatable bonds is 8. The zero-order valence-electron chi connectivity index (χ0n) is 23.2. The van der Waals surface area contributed by atoms with Crippen molar-refractivity contribution in [3.63, 3.8) is 0 Å². The van der Waals surface area contributed by atoms with Crippen LogP contribution < -0.4 is 10.6 Å². The van der Waals surface area contributed by atoms with Crippen molar-refractivity contribution < 1.29 is 34.1 Å². The molecule has 0 saturated heterocycles. The van der Waals surface area contributed by atoms with Crippen LogP contribution in [-0.2, 0) is 24.2 Å². The van der Waals surface area contributed by atoms with E-state index in [0.29, 0.717) is 12.2 Å². The van der Waals surface area contributed by atoms with Gasteiger partial charge in [0.15, 0.2) is 0 Å². The van der Waals surface area contributed by atoms with Gasteiger partial charge in [0.05, 0.1) is 30.4 Å². The van der Waals surface area contributed by atoms with Crippen molar-refractivity contribution in [1.82, 2.24) is 0 Å². The Bertz CT molecular complexity index is 1480. The molecule has 0 aromatic heterocycles. The van der Waals surface area contributed by atoms with Crippen molar-refractivity contribution >= 4 is 36.4 Å². The molecule has 0 saturated carbocycles. The van der Waals surface area contributed by atoms with Gasteiger partial charge in [0.1, 0.15) is 12.4 Å². The van der Waals surface area contributed by atoms with Crippen LogP contribution in [0.2, 0.25) is 0 Å². The molecule has 0 bridgehead atoms. The van der Waals surface area contributed by atoms with Gasteiger partial charge in [0, 0.05) is 11.8 Å². The largest absolute Gasteiger partial charge is 5.00 e. The maximum atomic E-state index is 12.3. The summed E-state index contributed by atoms with van der Waals surface area (Å²) in [6.45, 7) is 4.39. The van der Waals surface area contributed by atoms with Crippen LogP contribution in [0.3, 0.4) is 0 Å². The van der Waals surface area contributed by atoms with Gasteiger partial charge in [-0.3, -0.25) is 4.99 Å². The molecule has 5 aromatic rings. The van der Waals surface area contributed by atoms with Crippen molar-refractivity contribution in [2.45, 2.75) is 13.8 Å². The van der Waals surface area contributed by atoms with Crippen LogP contribution in [0.5, 0.6) is 5.75 Å². The summed E-state index contributed by atoms with van der Waals surface area (Å²) in [5.41, 5.74) is 4.37. The summed E-state index contributed by atoms with van der Waals surface area (Å²) in [5.74, 6) is 0.0326. The van der Waals surface area contributed by atoms with E-state index in [1.807, 2.05) is 80.6 Å².